The zero-order chi connectivity index (χ0) is 35.8. The van der Waals surface area contributed by atoms with E-state index < -0.39 is 0 Å². The second-order valence-corrected chi connectivity index (χ2v) is 13.8. The standard InChI is InChI=1S/C52H35NO/c1-2-11-36(12-3-1)43-17-9-18-47(35-43)53(46-31-27-39(28-32-46)48-20-10-22-51-52(48)49-19-6-7-21-50(49)54-51)45-29-25-38(26-30-45)41-15-8-16-42(33-41)44-24-23-37-13-4-5-14-40(37)34-44/h1-35H. The van der Waals surface area contributed by atoms with Gasteiger partial charge >= 0.3 is 0 Å². The molecule has 54 heavy (non-hydrogen) atoms. The summed E-state index contributed by atoms with van der Waals surface area (Å²) in [6, 6.07) is 75.9. The van der Waals surface area contributed by atoms with Crippen molar-refractivity contribution < 1.29 is 4.42 Å². The van der Waals surface area contributed by atoms with Crippen LogP contribution in [-0.4, -0.2) is 0 Å². The molecule has 254 valence electrons. The van der Waals surface area contributed by atoms with E-state index in [9.17, 15) is 0 Å². The Balaban J connectivity index is 1.03. The van der Waals surface area contributed by atoms with Gasteiger partial charge in [0, 0.05) is 27.8 Å². The summed E-state index contributed by atoms with van der Waals surface area (Å²) in [7, 11) is 0. The molecule has 0 aliphatic heterocycles. The Morgan fingerprint density at radius 1 is 0.296 bits per heavy atom. The molecule has 0 unspecified atom stereocenters. The van der Waals surface area contributed by atoms with Crippen molar-refractivity contribution in [3.8, 4) is 44.5 Å². The van der Waals surface area contributed by atoms with Gasteiger partial charge in [0.15, 0.2) is 0 Å². The van der Waals surface area contributed by atoms with Crippen LogP contribution in [0.1, 0.15) is 0 Å². The minimum absolute atomic E-state index is 0.903. The van der Waals surface area contributed by atoms with Crippen molar-refractivity contribution >= 4 is 49.8 Å². The molecule has 0 saturated carbocycles. The topological polar surface area (TPSA) is 16.4 Å². The number of hydrogen-bond donors (Lipinski definition) is 0. The summed E-state index contributed by atoms with van der Waals surface area (Å²) in [6.45, 7) is 0. The lowest BCUT2D eigenvalue weighted by Crippen LogP contribution is -2.10. The van der Waals surface area contributed by atoms with Gasteiger partial charge in [-0.25, -0.2) is 0 Å². The van der Waals surface area contributed by atoms with Gasteiger partial charge in [-0.15, -0.1) is 0 Å². The molecule has 0 atom stereocenters. The minimum Gasteiger partial charge on any atom is -0.456 e. The number of furan rings is 1. The lowest BCUT2D eigenvalue weighted by molar-refractivity contribution is 0.669. The van der Waals surface area contributed by atoms with Crippen molar-refractivity contribution in [1.82, 2.24) is 0 Å². The maximum absolute atomic E-state index is 6.22. The van der Waals surface area contributed by atoms with E-state index in [1.54, 1.807) is 0 Å². The van der Waals surface area contributed by atoms with Crippen molar-refractivity contribution in [2.75, 3.05) is 4.90 Å². The summed E-state index contributed by atoms with van der Waals surface area (Å²) >= 11 is 0. The van der Waals surface area contributed by atoms with Crippen LogP contribution in [0.2, 0.25) is 0 Å². The van der Waals surface area contributed by atoms with Crippen LogP contribution in [0.25, 0.3) is 77.2 Å². The number of para-hydroxylation sites is 1. The number of benzene rings is 9. The van der Waals surface area contributed by atoms with Crippen molar-refractivity contribution in [3.63, 3.8) is 0 Å². The maximum Gasteiger partial charge on any atom is 0.136 e. The molecule has 1 aromatic heterocycles. The molecule has 0 N–H and O–H groups in total. The largest absolute Gasteiger partial charge is 0.456 e. The van der Waals surface area contributed by atoms with Gasteiger partial charge in [-0.3, -0.25) is 0 Å². The first kappa shape index (κ1) is 31.6. The number of rotatable bonds is 7. The van der Waals surface area contributed by atoms with E-state index in [-0.39, 0.29) is 0 Å². The van der Waals surface area contributed by atoms with Crippen LogP contribution in [-0.2, 0) is 0 Å². The number of hydrogen-bond acceptors (Lipinski definition) is 2. The Bertz CT molecular complexity index is 2920. The average molecular weight is 690 g/mol. The smallest absolute Gasteiger partial charge is 0.136 e. The van der Waals surface area contributed by atoms with Crippen LogP contribution in [0, 0.1) is 0 Å². The molecule has 0 radical (unpaired) electrons. The Hall–Kier alpha value is -7.16. The summed E-state index contributed by atoms with van der Waals surface area (Å²) in [5, 5.41) is 4.79. The molecule has 0 spiro atoms. The van der Waals surface area contributed by atoms with Crippen LogP contribution in [0.5, 0.6) is 0 Å². The second kappa shape index (κ2) is 13.4. The lowest BCUT2D eigenvalue weighted by Gasteiger charge is -2.26. The van der Waals surface area contributed by atoms with E-state index in [0.717, 1.165) is 50.1 Å². The summed E-state index contributed by atoms with van der Waals surface area (Å²) in [5.41, 5.74) is 14.6. The molecule has 0 bridgehead atoms. The molecule has 9 aromatic carbocycles. The summed E-state index contributed by atoms with van der Waals surface area (Å²) < 4.78 is 6.22. The highest BCUT2D eigenvalue weighted by Gasteiger charge is 2.16. The Kier molecular flexibility index (Phi) is 7.85. The van der Waals surface area contributed by atoms with Gasteiger partial charge in [0.2, 0.25) is 0 Å². The minimum atomic E-state index is 0.903. The van der Waals surface area contributed by atoms with Gasteiger partial charge < -0.3 is 9.32 Å². The first-order chi connectivity index (χ1) is 26.7. The number of fused-ring (bicyclic) bond motifs is 4. The van der Waals surface area contributed by atoms with E-state index in [1.165, 1.54) is 44.2 Å². The second-order valence-electron chi connectivity index (χ2n) is 13.8. The average Bonchev–Trinajstić information content (AvgIpc) is 3.64. The zero-order valence-corrected chi connectivity index (χ0v) is 29.6. The molecular formula is C52H35NO. The molecule has 10 rings (SSSR count). The molecule has 0 aliphatic carbocycles. The highest BCUT2D eigenvalue weighted by atomic mass is 16.3. The SMILES string of the molecule is c1ccc(-c2cccc(N(c3ccc(-c4cccc(-c5ccc6ccccc6c5)c4)cc3)c3ccc(-c4cccc5oc6ccccc6c45)cc3)c2)cc1. The van der Waals surface area contributed by atoms with Gasteiger partial charge in [-0.1, -0.05) is 152 Å². The molecule has 2 heteroatoms. The highest BCUT2D eigenvalue weighted by molar-refractivity contribution is 6.12. The van der Waals surface area contributed by atoms with Crippen molar-refractivity contribution in [1.29, 1.82) is 0 Å². The van der Waals surface area contributed by atoms with Gasteiger partial charge in [-0.05, 0) is 116 Å². The summed E-state index contributed by atoms with van der Waals surface area (Å²) in [5.74, 6) is 0. The fourth-order valence-corrected chi connectivity index (χ4v) is 7.76. The highest BCUT2D eigenvalue weighted by Crippen LogP contribution is 2.41. The molecular weight excluding hydrogens is 655 g/mol. The van der Waals surface area contributed by atoms with Crippen LogP contribution in [0.15, 0.2) is 217 Å². The fourth-order valence-electron chi connectivity index (χ4n) is 7.76. The first-order valence-corrected chi connectivity index (χ1v) is 18.4. The van der Waals surface area contributed by atoms with E-state index in [1.807, 2.05) is 12.1 Å². The maximum atomic E-state index is 6.22. The van der Waals surface area contributed by atoms with Crippen LogP contribution in [0.3, 0.4) is 0 Å². The van der Waals surface area contributed by atoms with Crippen molar-refractivity contribution in [2.45, 2.75) is 0 Å². The third-order valence-corrected chi connectivity index (χ3v) is 10.5. The molecule has 0 saturated heterocycles. The molecule has 0 aliphatic rings. The van der Waals surface area contributed by atoms with Crippen LogP contribution >= 0.6 is 0 Å². The normalized spacial score (nSPS) is 11.3. The quantitative estimate of drug-likeness (QED) is 0.166. The number of anilines is 3. The predicted molar refractivity (Wildman–Crippen MR) is 228 cm³/mol. The van der Waals surface area contributed by atoms with E-state index in [0.29, 0.717) is 0 Å². The predicted octanol–water partition coefficient (Wildman–Crippen LogP) is 14.9. The first-order valence-electron chi connectivity index (χ1n) is 18.4. The van der Waals surface area contributed by atoms with Gasteiger partial charge in [-0.2, -0.15) is 0 Å². The Labute approximate surface area is 314 Å². The van der Waals surface area contributed by atoms with Crippen molar-refractivity contribution in [2.24, 2.45) is 0 Å². The lowest BCUT2D eigenvalue weighted by atomic mass is 9.97. The fraction of sp³-hybridized carbons (Fsp3) is 0. The van der Waals surface area contributed by atoms with Crippen LogP contribution < -0.4 is 4.90 Å². The van der Waals surface area contributed by atoms with Gasteiger partial charge in [0.1, 0.15) is 11.2 Å². The number of nitrogens with zero attached hydrogens (tertiary/aromatic N) is 1. The van der Waals surface area contributed by atoms with Crippen LogP contribution in [0.4, 0.5) is 17.1 Å². The molecule has 0 fully saturated rings. The van der Waals surface area contributed by atoms with Gasteiger partial charge in [0.05, 0.1) is 0 Å². The van der Waals surface area contributed by atoms with E-state index in [2.05, 4.69) is 205 Å². The van der Waals surface area contributed by atoms with Gasteiger partial charge in [0.25, 0.3) is 0 Å². The third-order valence-electron chi connectivity index (χ3n) is 10.5. The molecule has 1 heterocycles. The molecule has 2 nitrogen and oxygen atoms in total. The third kappa shape index (κ3) is 5.81. The molecule has 0 amide bonds. The Morgan fingerprint density at radius 3 is 1.63 bits per heavy atom. The Morgan fingerprint density at radius 2 is 0.833 bits per heavy atom. The monoisotopic (exact) mass is 689 g/mol. The van der Waals surface area contributed by atoms with E-state index >= 15 is 0 Å². The zero-order valence-electron chi connectivity index (χ0n) is 29.6. The summed E-state index contributed by atoms with van der Waals surface area (Å²) in [6.07, 6.45) is 0. The van der Waals surface area contributed by atoms with Crippen molar-refractivity contribution in [3.05, 3.63) is 212 Å². The van der Waals surface area contributed by atoms with E-state index in [4.69, 9.17) is 4.42 Å². The summed E-state index contributed by atoms with van der Waals surface area (Å²) in [4.78, 5) is 2.35. The molecule has 10 aromatic rings.